The molecule has 1 heterocycles. The maximum absolute atomic E-state index is 12.9. The zero-order chi connectivity index (χ0) is 16.8. The number of ether oxygens (including phenoxy) is 1. The minimum atomic E-state index is -4.71. The first-order valence-electron chi connectivity index (χ1n) is 6.82. The molecule has 3 N–H and O–H groups in total. The molecule has 2 aromatic carbocycles. The summed E-state index contributed by atoms with van der Waals surface area (Å²) in [6.07, 6.45) is -6.60. The molecule has 23 heavy (non-hydrogen) atoms. The van der Waals surface area contributed by atoms with E-state index in [4.69, 9.17) is 4.74 Å². The first kappa shape index (κ1) is 15.5. The number of phenolic OH excluding ortho intramolecular Hbond substituents is 2. The molecule has 0 unspecified atom stereocenters. The number of hydrogen-bond acceptors (Lipinski definition) is 4. The van der Waals surface area contributed by atoms with E-state index in [-0.39, 0.29) is 17.7 Å². The number of fused-ring (bicyclic) bond motifs is 1. The van der Waals surface area contributed by atoms with Gasteiger partial charge in [-0.05, 0) is 29.3 Å². The van der Waals surface area contributed by atoms with Crippen molar-refractivity contribution < 1.29 is 33.2 Å². The van der Waals surface area contributed by atoms with E-state index >= 15 is 0 Å². The molecule has 0 aromatic heterocycles. The number of alkyl halides is 3. The lowest BCUT2D eigenvalue weighted by Gasteiger charge is -2.31. The van der Waals surface area contributed by atoms with Gasteiger partial charge in [-0.2, -0.15) is 13.2 Å². The highest BCUT2D eigenvalue weighted by Crippen LogP contribution is 2.41. The molecule has 0 saturated heterocycles. The van der Waals surface area contributed by atoms with Crippen molar-refractivity contribution in [2.24, 2.45) is 0 Å². The van der Waals surface area contributed by atoms with Crippen molar-refractivity contribution in [2.75, 3.05) is 0 Å². The van der Waals surface area contributed by atoms with Gasteiger partial charge >= 0.3 is 6.18 Å². The molecule has 0 bridgehead atoms. The van der Waals surface area contributed by atoms with E-state index in [0.717, 1.165) is 12.1 Å². The summed E-state index contributed by atoms with van der Waals surface area (Å²) in [6.45, 7) is 0. The minimum absolute atomic E-state index is 0.0411. The Hall–Kier alpha value is -2.41. The van der Waals surface area contributed by atoms with Crippen molar-refractivity contribution in [1.29, 1.82) is 0 Å². The van der Waals surface area contributed by atoms with Crippen LogP contribution in [0.2, 0.25) is 0 Å². The van der Waals surface area contributed by atoms with Gasteiger partial charge in [-0.15, -0.1) is 0 Å². The average Bonchev–Trinajstić information content (AvgIpc) is 2.46. The topological polar surface area (TPSA) is 69.9 Å². The van der Waals surface area contributed by atoms with E-state index in [9.17, 15) is 28.5 Å². The maximum atomic E-state index is 12.9. The Morgan fingerprint density at radius 2 is 1.78 bits per heavy atom. The maximum Gasteiger partial charge on any atom is 0.419 e. The van der Waals surface area contributed by atoms with E-state index in [2.05, 4.69) is 0 Å². The molecule has 0 saturated carbocycles. The molecule has 7 heteroatoms. The number of benzene rings is 2. The van der Waals surface area contributed by atoms with Crippen LogP contribution in [-0.2, 0) is 12.6 Å². The number of halogens is 3. The summed E-state index contributed by atoms with van der Waals surface area (Å²) in [4.78, 5) is 0. The highest BCUT2D eigenvalue weighted by molar-refractivity contribution is 5.44. The molecule has 0 spiro atoms. The molecule has 3 rings (SSSR count). The molecule has 1 aliphatic rings. The van der Waals surface area contributed by atoms with Crippen LogP contribution in [0.25, 0.3) is 0 Å². The van der Waals surface area contributed by atoms with Gasteiger partial charge in [0.1, 0.15) is 23.4 Å². The van der Waals surface area contributed by atoms with Gasteiger partial charge in [-0.3, -0.25) is 0 Å². The van der Waals surface area contributed by atoms with Crippen LogP contribution in [-0.4, -0.2) is 21.4 Å². The number of aliphatic hydroxyl groups excluding tert-OH is 1. The van der Waals surface area contributed by atoms with Crippen LogP contribution in [0.1, 0.15) is 22.8 Å². The van der Waals surface area contributed by atoms with Gasteiger partial charge in [0.2, 0.25) is 0 Å². The monoisotopic (exact) mass is 326 g/mol. The van der Waals surface area contributed by atoms with Crippen LogP contribution in [0, 0.1) is 0 Å². The van der Waals surface area contributed by atoms with Crippen LogP contribution >= 0.6 is 0 Å². The summed E-state index contributed by atoms with van der Waals surface area (Å²) in [5, 5.41) is 29.0. The largest absolute Gasteiger partial charge is 0.508 e. The number of phenols is 2. The molecule has 4 nitrogen and oxygen atoms in total. The van der Waals surface area contributed by atoms with Crippen molar-refractivity contribution in [3.63, 3.8) is 0 Å². The van der Waals surface area contributed by atoms with Crippen molar-refractivity contribution in [2.45, 2.75) is 24.8 Å². The van der Waals surface area contributed by atoms with Crippen molar-refractivity contribution in [1.82, 2.24) is 0 Å². The van der Waals surface area contributed by atoms with E-state index in [0.29, 0.717) is 11.3 Å². The molecule has 2 aromatic rings. The van der Waals surface area contributed by atoms with Crippen LogP contribution < -0.4 is 4.74 Å². The highest BCUT2D eigenvalue weighted by Gasteiger charge is 2.36. The first-order valence-corrected chi connectivity index (χ1v) is 6.82. The smallest absolute Gasteiger partial charge is 0.419 e. The third-order valence-electron chi connectivity index (χ3n) is 3.74. The number of aliphatic hydroxyl groups is 1. The molecule has 0 radical (unpaired) electrons. The Labute approximate surface area is 129 Å². The van der Waals surface area contributed by atoms with Gasteiger partial charge in [0.15, 0.2) is 0 Å². The fourth-order valence-corrected chi connectivity index (χ4v) is 2.62. The third-order valence-corrected chi connectivity index (χ3v) is 3.74. The normalized spacial score (nSPS) is 20.7. The van der Waals surface area contributed by atoms with Crippen LogP contribution in [0.4, 0.5) is 13.2 Å². The Balaban J connectivity index is 1.99. The van der Waals surface area contributed by atoms with Crippen molar-refractivity contribution in [3.05, 3.63) is 53.1 Å². The van der Waals surface area contributed by atoms with Gasteiger partial charge in [0.25, 0.3) is 0 Å². The lowest BCUT2D eigenvalue weighted by atomic mass is 9.93. The second kappa shape index (κ2) is 5.34. The minimum Gasteiger partial charge on any atom is -0.508 e. The summed E-state index contributed by atoms with van der Waals surface area (Å²) in [5.74, 6) is -0.618. The van der Waals surface area contributed by atoms with Gasteiger partial charge in [0.05, 0.1) is 11.7 Å². The molecule has 122 valence electrons. The van der Waals surface area contributed by atoms with Gasteiger partial charge in [-0.25, -0.2) is 0 Å². The van der Waals surface area contributed by atoms with Crippen molar-refractivity contribution in [3.8, 4) is 17.2 Å². The van der Waals surface area contributed by atoms with E-state index in [1.54, 1.807) is 6.07 Å². The molecule has 0 fully saturated rings. The molecule has 1 aliphatic heterocycles. The third kappa shape index (κ3) is 2.92. The highest BCUT2D eigenvalue weighted by atomic mass is 19.4. The average molecular weight is 326 g/mol. The fourth-order valence-electron chi connectivity index (χ4n) is 2.62. The second-order valence-electron chi connectivity index (χ2n) is 5.38. The number of rotatable bonds is 1. The lowest BCUT2D eigenvalue weighted by Crippen LogP contribution is -2.30. The standard InChI is InChI=1S/C16H13F3O4/c17-16(18,19)11-5-9(2-4-12(11)21)15-13(22)6-8-1-3-10(20)7-14(8)23-15/h1-5,7,13,15,20-22H,6H2/t13-,15-/m1/s1. The Bertz CT molecular complexity index is 743. The Morgan fingerprint density at radius 1 is 1.04 bits per heavy atom. The molecule has 0 amide bonds. The summed E-state index contributed by atoms with van der Waals surface area (Å²) < 4.78 is 44.2. The SMILES string of the molecule is Oc1ccc2c(c1)O[C@H](c1ccc(O)c(C(F)(F)F)c1)[C@H](O)C2. The zero-order valence-electron chi connectivity index (χ0n) is 11.7. The summed E-state index contributed by atoms with van der Waals surface area (Å²) >= 11 is 0. The quantitative estimate of drug-likeness (QED) is 0.753. The van der Waals surface area contributed by atoms with E-state index in [1.165, 1.54) is 18.2 Å². The van der Waals surface area contributed by atoms with Gasteiger partial charge < -0.3 is 20.1 Å². The fraction of sp³-hybridized carbons (Fsp3) is 0.250. The number of aromatic hydroxyl groups is 2. The lowest BCUT2D eigenvalue weighted by molar-refractivity contribution is -0.138. The Morgan fingerprint density at radius 3 is 2.48 bits per heavy atom. The summed E-state index contributed by atoms with van der Waals surface area (Å²) in [7, 11) is 0. The van der Waals surface area contributed by atoms with Crippen molar-refractivity contribution >= 4 is 0 Å². The Kier molecular flexibility index (Phi) is 3.60. The second-order valence-corrected chi connectivity index (χ2v) is 5.38. The molecular weight excluding hydrogens is 313 g/mol. The molecular formula is C16H13F3O4. The van der Waals surface area contributed by atoms with Crippen LogP contribution in [0.5, 0.6) is 17.2 Å². The van der Waals surface area contributed by atoms with Crippen LogP contribution in [0.15, 0.2) is 36.4 Å². The predicted octanol–water partition coefficient (Wildman–Crippen LogP) is 3.15. The number of hydrogen-bond donors (Lipinski definition) is 3. The van der Waals surface area contributed by atoms with Gasteiger partial charge in [-0.1, -0.05) is 12.1 Å². The van der Waals surface area contributed by atoms with Crippen LogP contribution in [0.3, 0.4) is 0 Å². The predicted molar refractivity (Wildman–Crippen MR) is 74.3 cm³/mol. The summed E-state index contributed by atoms with van der Waals surface area (Å²) in [6, 6.07) is 7.33. The molecule has 2 atom stereocenters. The zero-order valence-corrected chi connectivity index (χ0v) is 11.7. The molecule has 0 aliphatic carbocycles. The van der Waals surface area contributed by atoms with E-state index in [1.807, 2.05) is 0 Å². The first-order chi connectivity index (χ1) is 10.8. The van der Waals surface area contributed by atoms with E-state index < -0.39 is 29.7 Å². The summed E-state index contributed by atoms with van der Waals surface area (Å²) in [5.41, 5.74) is -0.439. The van der Waals surface area contributed by atoms with Gasteiger partial charge in [0, 0.05) is 12.5 Å².